The summed E-state index contributed by atoms with van der Waals surface area (Å²) in [6.45, 7) is 5.86. The van der Waals surface area contributed by atoms with Gasteiger partial charge in [0, 0.05) is 22.0 Å². The lowest BCUT2D eigenvalue weighted by molar-refractivity contribution is -0.385. The third-order valence-electron chi connectivity index (χ3n) is 4.20. The molecule has 0 aliphatic heterocycles. The lowest BCUT2D eigenvalue weighted by Crippen LogP contribution is -2.23. The normalized spacial score (nSPS) is 11.5. The van der Waals surface area contributed by atoms with Crippen molar-refractivity contribution in [1.82, 2.24) is 9.66 Å². The zero-order valence-electron chi connectivity index (χ0n) is 16.4. The average Bonchev–Trinajstić information content (AvgIpc) is 2.69. The number of hydrogen-bond donors (Lipinski definition) is 0. The van der Waals surface area contributed by atoms with Gasteiger partial charge in [-0.15, -0.1) is 0 Å². The van der Waals surface area contributed by atoms with E-state index in [1.165, 1.54) is 17.0 Å². The first-order chi connectivity index (χ1) is 14.2. The molecule has 0 aliphatic rings. The highest BCUT2D eigenvalue weighted by atomic mass is 79.9. The van der Waals surface area contributed by atoms with E-state index in [1.54, 1.807) is 25.1 Å². The number of ether oxygens (including phenoxy) is 1. The molecule has 0 fully saturated rings. The summed E-state index contributed by atoms with van der Waals surface area (Å²) in [6.07, 6.45) is 1.40. The van der Waals surface area contributed by atoms with Gasteiger partial charge in [-0.25, -0.2) is 4.98 Å². The van der Waals surface area contributed by atoms with Crippen LogP contribution < -0.4 is 10.3 Å². The largest absolute Gasteiger partial charge is 0.486 e. The number of nitrogens with zero attached hydrogens (tertiary/aromatic N) is 4. The summed E-state index contributed by atoms with van der Waals surface area (Å²) < 4.78 is 7.79. The van der Waals surface area contributed by atoms with Crippen LogP contribution in [0.2, 0.25) is 0 Å². The van der Waals surface area contributed by atoms with E-state index in [2.05, 4.69) is 41.9 Å². The van der Waals surface area contributed by atoms with Gasteiger partial charge in [0.05, 0.1) is 33.1 Å². The lowest BCUT2D eigenvalue weighted by atomic mass is 10.2. The monoisotopic (exact) mass is 536 g/mol. The molecule has 0 aliphatic carbocycles. The predicted octanol–water partition coefficient (Wildman–Crippen LogP) is 5.23. The number of hydrogen-bond acceptors (Lipinski definition) is 6. The third-order valence-corrected chi connectivity index (χ3v) is 5.29. The zero-order chi connectivity index (χ0) is 22.0. The number of nitro benzene ring substituents is 1. The van der Waals surface area contributed by atoms with Gasteiger partial charge >= 0.3 is 5.69 Å². The molecule has 30 heavy (non-hydrogen) atoms. The van der Waals surface area contributed by atoms with Crippen molar-refractivity contribution in [2.75, 3.05) is 6.61 Å². The summed E-state index contributed by atoms with van der Waals surface area (Å²) in [7, 11) is 0. The van der Waals surface area contributed by atoms with E-state index in [9.17, 15) is 14.9 Å². The Bertz CT molecular complexity index is 1220. The Morgan fingerprint density at radius 2 is 2.03 bits per heavy atom. The van der Waals surface area contributed by atoms with Crippen LogP contribution in [0.5, 0.6) is 5.75 Å². The Morgan fingerprint density at radius 1 is 1.30 bits per heavy atom. The van der Waals surface area contributed by atoms with E-state index in [1.807, 2.05) is 19.9 Å². The number of rotatable bonds is 6. The number of benzene rings is 2. The summed E-state index contributed by atoms with van der Waals surface area (Å²) in [5.74, 6) is 0.576. The van der Waals surface area contributed by atoms with Gasteiger partial charge in [-0.05, 0) is 47.1 Å². The van der Waals surface area contributed by atoms with Crippen LogP contribution in [0, 0.1) is 10.1 Å². The Balaban J connectivity index is 2.16. The maximum Gasteiger partial charge on any atom is 0.312 e. The SMILES string of the molecule is CCOc1c(Br)cc(C=Nn2c(C(C)C)nc3ccc(Br)cc3c2=O)cc1[N+](=O)[O-]. The molecular formula is C20H18Br2N4O4. The molecule has 0 N–H and O–H groups in total. The highest BCUT2D eigenvalue weighted by Gasteiger charge is 2.20. The van der Waals surface area contributed by atoms with Gasteiger partial charge in [0.2, 0.25) is 5.75 Å². The average molecular weight is 538 g/mol. The fourth-order valence-electron chi connectivity index (χ4n) is 2.87. The molecule has 1 heterocycles. The highest BCUT2D eigenvalue weighted by molar-refractivity contribution is 9.10. The second-order valence-corrected chi connectivity index (χ2v) is 8.46. The van der Waals surface area contributed by atoms with Crippen molar-refractivity contribution >= 4 is 54.7 Å². The molecule has 3 aromatic rings. The van der Waals surface area contributed by atoms with E-state index in [0.717, 1.165) is 4.47 Å². The maximum absolute atomic E-state index is 13.1. The number of halogens is 2. The Labute approximate surface area is 189 Å². The number of fused-ring (bicyclic) bond motifs is 1. The molecular weight excluding hydrogens is 520 g/mol. The van der Waals surface area contributed by atoms with E-state index < -0.39 is 4.92 Å². The standard InChI is InChI=1S/C20H18Br2N4O4/c1-4-30-18-15(22)7-12(8-17(18)26(28)29)10-23-25-19(11(2)3)24-16-6-5-13(21)9-14(16)20(25)27/h5-11H,4H2,1-3H3. The molecule has 156 valence electrons. The number of nitro groups is 1. The van der Waals surface area contributed by atoms with Gasteiger partial charge in [-0.3, -0.25) is 14.9 Å². The van der Waals surface area contributed by atoms with Gasteiger partial charge in [0.15, 0.2) is 0 Å². The van der Waals surface area contributed by atoms with E-state index >= 15 is 0 Å². The highest BCUT2D eigenvalue weighted by Crippen LogP contribution is 2.36. The molecule has 10 heteroatoms. The predicted molar refractivity (Wildman–Crippen MR) is 123 cm³/mol. The second-order valence-electron chi connectivity index (χ2n) is 6.69. The van der Waals surface area contributed by atoms with Gasteiger partial charge in [0.25, 0.3) is 5.56 Å². The minimum absolute atomic E-state index is 0.0655. The maximum atomic E-state index is 13.1. The minimum atomic E-state index is -0.520. The van der Waals surface area contributed by atoms with E-state index in [4.69, 9.17) is 4.74 Å². The molecule has 0 radical (unpaired) electrons. The van der Waals surface area contributed by atoms with Crippen molar-refractivity contribution < 1.29 is 9.66 Å². The number of aromatic nitrogens is 2. The quantitative estimate of drug-likeness (QED) is 0.243. The molecule has 0 spiro atoms. The van der Waals surface area contributed by atoms with Crippen molar-refractivity contribution in [3.8, 4) is 5.75 Å². The van der Waals surface area contributed by atoms with Crippen molar-refractivity contribution in [2.45, 2.75) is 26.7 Å². The van der Waals surface area contributed by atoms with Crippen LogP contribution in [0.15, 0.2) is 49.2 Å². The fourth-order valence-corrected chi connectivity index (χ4v) is 3.82. The van der Waals surface area contributed by atoms with Gasteiger partial charge < -0.3 is 4.74 Å². The van der Waals surface area contributed by atoms with Crippen LogP contribution in [0.4, 0.5) is 5.69 Å². The van der Waals surface area contributed by atoms with Crippen LogP contribution in [0.3, 0.4) is 0 Å². The van der Waals surface area contributed by atoms with Crippen LogP contribution >= 0.6 is 31.9 Å². The lowest BCUT2D eigenvalue weighted by Gasteiger charge is -2.12. The summed E-state index contributed by atoms with van der Waals surface area (Å²) in [5, 5.41) is 16.2. The summed E-state index contributed by atoms with van der Waals surface area (Å²) in [6, 6.07) is 8.28. The van der Waals surface area contributed by atoms with Crippen molar-refractivity contribution in [1.29, 1.82) is 0 Å². The molecule has 0 unspecified atom stereocenters. The minimum Gasteiger partial charge on any atom is -0.486 e. The van der Waals surface area contributed by atoms with Crippen LogP contribution in [-0.2, 0) is 0 Å². The summed E-state index contributed by atoms with van der Waals surface area (Å²) in [5.41, 5.74) is 0.510. The molecule has 0 atom stereocenters. The van der Waals surface area contributed by atoms with E-state index in [0.29, 0.717) is 33.4 Å². The fraction of sp³-hybridized carbons (Fsp3) is 0.250. The molecule has 0 saturated heterocycles. The molecule has 0 bridgehead atoms. The second kappa shape index (κ2) is 9.05. The molecule has 0 saturated carbocycles. The molecule has 3 rings (SSSR count). The summed E-state index contributed by atoms with van der Waals surface area (Å²) >= 11 is 6.68. The zero-order valence-corrected chi connectivity index (χ0v) is 19.6. The molecule has 0 amide bonds. The Kier molecular flexibility index (Phi) is 6.67. The molecule has 8 nitrogen and oxygen atoms in total. The van der Waals surface area contributed by atoms with Crippen LogP contribution in [0.1, 0.15) is 38.1 Å². The third kappa shape index (κ3) is 4.44. The van der Waals surface area contributed by atoms with Crippen LogP contribution in [0.25, 0.3) is 10.9 Å². The smallest absolute Gasteiger partial charge is 0.312 e. The van der Waals surface area contributed by atoms with Crippen LogP contribution in [-0.4, -0.2) is 27.4 Å². The first-order valence-corrected chi connectivity index (χ1v) is 10.7. The molecule has 2 aromatic carbocycles. The van der Waals surface area contributed by atoms with Crippen molar-refractivity contribution in [3.63, 3.8) is 0 Å². The first-order valence-electron chi connectivity index (χ1n) is 9.10. The molecule has 1 aromatic heterocycles. The van der Waals surface area contributed by atoms with Gasteiger partial charge in [-0.2, -0.15) is 9.78 Å². The van der Waals surface area contributed by atoms with Gasteiger partial charge in [-0.1, -0.05) is 29.8 Å². The first kappa shape index (κ1) is 22.1. The summed E-state index contributed by atoms with van der Waals surface area (Å²) in [4.78, 5) is 28.6. The Hall–Kier alpha value is -2.59. The topological polar surface area (TPSA) is 99.6 Å². The Morgan fingerprint density at radius 3 is 2.67 bits per heavy atom. The van der Waals surface area contributed by atoms with Gasteiger partial charge in [0.1, 0.15) is 5.82 Å². The van der Waals surface area contributed by atoms with E-state index in [-0.39, 0.29) is 22.9 Å². The van der Waals surface area contributed by atoms with Crippen molar-refractivity contribution in [2.24, 2.45) is 5.10 Å². The van der Waals surface area contributed by atoms with Crippen molar-refractivity contribution in [3.05, 3.63) is 71.1 Å².